The Morgan fingerprint density at radius 3 is 2.89 bits per heavy atom. The number of rotatable bonds is 4. The summed E-state index contributed by atoms with van der Waals surface area (Å²) in [4.78, 5) is 4.09. The number of anilines is 2. The van der Waals surface area contributed by atoms with Gasteiger partial charge in [-0.2, -0.15) is 0 Å². The lowest BCUT2D eigenvalue weighted by atomic mass is 10.1. The summed E-state index contributed by atoms with van der Waals surface area (Å²) < 4.78 is 11.2. The van der Waals surface area contributed by atoms with E-state index in [0.717, 1.165) is 22.1 Å². The van der Waals surface area contributed by atoms with E-state index in [-0.39, 0.29) is 6.04 Å². The Balaban J connectivity index is 2.34. The second-order valence-electron chi connectivity index (χ2n) is 4.41. The Bertz CT molecular complexity index is 585. The van der Waals surface area contributed by atoms with Crippen molar-refractivity contribution in [3.63, 3.8) is 0 Å². The molecular weight excluding hydrogens is 246 g/mol. The van der Waals surface area contributed by atoms with Crippen LogP contribution in [0, 0.1) is 0 Å². The summed E-state index contributed by atoms with van der Waals surface area (Å²) in [6.07, 6.45) is 5.22. The number of nitrogen functional groups attached to an aromatic ring is 1. The number of nitrogens with two attached hydrogens (primary N) is 1. The highest BCUT2D eigenvalue weighted by atomic mass is 32.2. The fourth-order valence-electron chi connectivity index (χ4n) is 2.00. The molecular formula is C13H17N3OS. The van der Waals surface area contributed by atoms with Crippen molar-refractivity contribution in [3.05, 3.63) is 30.6 Å². The van der Waals surface area contributed by atoms with E-state index in [2.05, 4.69) is 10.3 Å². The molecule has 1 aromatic carbocycles. The largest absolute Gasteiger partial charge is 0.398 e. The molecule has 0 aliphatic heterocycles. The summed E-state index contributed by atoms with van der Waals surface area (Å²) >= 11 is 0. The maximum absolute atomic E-state index is 11.2. The highest BCUT2D eigenvalue weighted by Crippen LogP contribution is 2.27. The van der Waals surface area contributed by atoms with Gasteiger partial charge in [-0.1, -0.05) is 0 Å². The quantitative estimate of drug-likeness (QED) is 0.828. The Kier molecular flexibility index (Phi) is 3.81. The van der Waals surface area contributed by atoms with Crippen LogP contribution in [0.15, 0.2) is 30.6 Å². The molecule has 4 nitrogen and oxygen atoms in total. The number of pyridine rings is 1. The molecule has 0 spiro atoms. The molecule has 0 amide bonds. The van der Waals surface area contributed by atoms with Crippen LogP contribution in [0.4, 0.5) is 11.4 Å². The van der Waals surface area contributed by atoms with Gasteiger partial charge in [-0.3, -0.25) is 9.19 Å². The van der Waals surface area contributed by atoms with E-state index in [4.69, 9.17) is 5.73 Å². The summed E-state index contributed by atoms with van der Waals surface area (Å²) in [7, 11) is -0.807. The first-order valence-corrected chi connectivity index (χ1v) is 7.49. The summed E-state index contributed by atoms with van der Waals surface area (Å²) in [6, 6.07) is 5.90. The SMILES string of the molecule is CC(CS(C)=O)Nc1ccc(N)c2cnccc12. The van der Waals surface area contributed by atoms with Crippen molar-refractivity contribution in [2.75, 3.05) is 23.1 Å². The maximum atomic E-state index is 11.2. The first-order chi connectivity index (χ1) is 8.58. The predicted octanol–water partition coefficient (Wildman–Crippen LogP) is 2.00. The maximum Gasteiger partial charge on any atom is 0.0431 e. The molecule has 5 heteroatoms. The number of benzene rings is 1. The van der Waals surface area contributed by atoms with Crippen molar-refractivity contribution >= 4 is 32.9 Å². The van der Waals surface area contributed by atoms with Gasteiger partial charge in [-0.15, -0.1) is 0 Å². The molecule has 2 atom stereocenters. The van der Waals surface area contributed by atoms with E-state index in [1.165, 1.54) is 0 Å². The van der Waals surface area contributed by atoms with Crippen molar-refractivity contribution in [1.82, 2.24) is 4.98 Å². The van der Waals surface area contributed by atoms with Crippen LogP contribution in [-0.4, -0.2) is 27.2 Å². The van der Waals surface area contributed by atoms with Crippen LogP contribution in [0.3, 0.4) is 0 Å². The minimum atomic E-state index is -0.807. The average molecular weight is 263 g/mol. The Labute approximate surface area is 109 Å². The fourth-order valence-corrected chi connectivity index (χ4v) is 2.78. The number of fused-ring (bicyclic) bond motifs is 1. The lowest BCUT2D eigenvalue weighted by Gasteiger charge is -2.16. The minimum Gasteiger partial charge on any atom is -0.398 e. The van der Waals surface area contributed by atoms with Crippen LogP contribution in [0.2, 0.25) is 0 Å². The van der Waals surface area contributed by atoms with Crippen molar-refractivity contribution in [2.24, 2.45) is 0 Å². The highest BCUT2D eigenvalue weighted by molar-refractivity contribution is 7.84. The molecule has 1 aromatic heterocycles. The number of hydrogen-bond acceptors (Lipinski definition) is 4. The van der Waals surface area contributed by atoms with Crippen molar-refractivity contribution < 1.29 is 4.21 Å². The monoisotopic (exact) mass is 263 g/mol. The van der Waals surface area contributed by atoms with E-state index >= 15 is 0 Å². The molecule has 1 heterocycles. The first-order valence-electron chi connectivity index (χ1n) is 5.76. The summed E-state index contributed by atoms with van der Waals surface area (Å²) in [6.45, 7) is 2.02. The topological polar surface area (TPSA) is 68.0 Å². The predicted molar refractivity (Wildman–Crippen MR) is 78.2 cm³/mol. The van der Waals surface area contributed by atoms with Gasteiger partial charge in [-0.25, -0.2) is 0 Å². The van der Waals surface area contributed by atoms with Gasteiger partial charge in [0, 0.05) is 63.4 Å². The third-order valence-corrected chi connectivity index (χ3v) is 3.71. The van der Waals surface area contributed by atoms with Gasteiger partial charge in [0.25, 0.3) is 0 Å². The van der Waals surface area contributed by atoms with Gasteiger partial charge in [-0.05, 0) is 25.1 Å². The molecule has 0 fully saturated rings. The van der Waals surface area contributed by atoms with Gasteiger partial charge in [0.1, 0.15) is 0 Å². The van der Waals surface area contributed by atoms with E-state index in [9.17, 15) is 4.21 Å². The third kappa shape index (κ3) is 2.79. The Morgan fingerprint density at radius 2 is 2.17 bits per heavy atom. The average Bonchev–Trinajstić information content (AvgIpc) is 2.32. The number of aromatic nitrogens is 1. The molecule has 0 saturated carbocycles. The second-order valence-corrected chi connectivity index (χ2v) is 5.89. The van der Waals surface area contributed by atoms with Crippen molar-refractivity contribution in [2.45, 2.75) is 13.0 Å². The normalized spacial score (nSPS) is 14.3. The van der Waals surface area contributed by atoms with Gasteiger partial charge in [0.2, 0.25) is 0 Å². The molecule has 18 heavy (non-hydrogen) atoms. The first kappa shape index (κ1) is 12.8. The van der Waals surface area contributed by atoms with E-state index < -0.39 is 10.8 Å². The molecule has 96 valence electrons. The zero-order chi connectivity index (χ0) is 13.1. The summed E-state index contributed by atoms with van der Waals surface area (Å²) in [5.74, 6) is 0.622. The lowest BCUT2D eigenvalue weighted by molar-refractivity contribution is 0.683. The Morgan fingerprint density at radius 1 is 1.39 bits per heavy atom. The van der Waals surface area contributed by atoms with Gasteiger partial charge >= 0.3 is 0 Å². The summed E-state index contributed by atoms with van der Waals surface area (Å²) in [5, 5.41) is 5.34. The van der Waals surface area contributed by atoms with Crippen LogP contribution >= 0.6 is 0 Å². The minimum absolute atomic E-state index is 0.149. The number of hydrogen-bond donors (Lipinski definition) is 2. The van der Waals surface area contributed by atoms with Crippen LogP contribution < -0.4 is 11.1 Å². The number of nitrogens with zero attached hydrogens (tertiary/aromatic N) is 1. The molecule has 0 saturated heterocycles. The van der Waals surface area contributed by atoms with Crippen LogP contribution in [0.5, 0.6) is 0 Å². The molecule has 0 aliphatic rings. The van der Waals surface area contributed by atoms with E-state index in [0.29, 0.717) is 5.75 Å². The van der Waals surface area contributed by atoms with Gasteiger partial charge in [0.05, 0.1) is 0 Å². The molecule has 0 bridgehead atoms. The number of nitrogens with one attached hydrogen (secondary N) is 1. The molecule has 2 unspecified atom stereocenters. The van der Waals surface area contributed by atoms with Crippen molar-refractivity contribution in [3.8, 4) is 0 Å². The molecule has 0 aliphatic carbocycles. The van der Waals surface area contributed by atoms with Crippen molar-refractivity contribution in [1.29, 1.82) is 0 Å². The highest BCUT2D eigenvalue weighted by Gasteiger charge is 2.08. The molecule has 0 radical (unpaired) electrons. The van der Waals surface area contributed by atoms with Crippen LogP contribution in [-0.2, 0) is 10.8 Å². The zero-order valence-electron chi connectivity index (χ0n) is 10.5. The fraction of sp³-hybridized carbons (Fsp3) is 0.308. The van der Waals surface area contributed by atoms with Gasteiger partial charge in [0.15, 0.2) is 0 Å². The molecule has 2 aromatic rings. The van der Waals surface area contributed by atoms with Crippen LogP contribution in [0.1, 0.15) is 6.92 Å². The van der Waals surface area contributed by atoms with E-state index in [1.54, 1.807) is 18.6 Å². The van der Waals surface area contributed by atoms with Crippen LogP contribution in [0.25, 0.3) is 10.8 Å². The van der Waals surface area contributed by atoms with Gasteiger partial charge < -0.3 is 11.1 Å². The second kappa shape index (κ2) is 5.35. The molecule has 3 N–H and O–H groups in total. The summed E-state index contributed by atoms with van der Waals surface area (Å²) in [5.41, 5.74) is 7.64. The van der Waals surface area contributed by atoms with E-state index in [1.807, 2.05) is 25.1 Å². The standard InChI is InChI=1S/C13H17N3OS/c1-9(8-18(2)17)16-13-4-3-12(14)11-7-15-6-5-10(11)13/h3-7,9,16H,8,14H2,1-2H3. The third-order valence-electron chi connectivity index (χ3n) is 2.74. The smallest absolute Gasteiger partial charge is 0.0431 e. The zero-order valence-corrected chi connectivity index (χ0v) is 11.3. The Hall–Kier alpha value is -1.62. The molecule has 2 rings (SSSR count). The lowest BCUT2D eigenvalue weighted by Crippen LogP contribution is -2.22.